The molecule has 1 saturated heterocycles. The molecule has 5 nitrogen and oxygen atoms in total. The third-order valence-electron chi connectivity index (χ3n) is 3.46. The molecule has 0 spiro atoms. The van der Waals surface area contributed by atoms with E-state index in [1.807, 2.05) is 6.92 Å². The van der Waals surface area contributed by atoms with Crippen LogP contribution in [0, 0.1) is 0 Å². The summed E-state index contributed by atoms with van der Waals surface area (Å²) in [4.78, 5) is 0. The van der Waals surface area contributed by atoms with E-state index >= 15 is 0 Å². The first-order valence-electron chi connectivity index (χ1n) is 6.55. The number of aliphatic hydroxyl groups is 3. The summed E-state index contributed by atoms with van der Waals surface area (Å²) in [7, 11) is 1.53. The minimum Gasteiger partial charge on any atom is -0.496 e. The van der Waals surface area contributed by atoms with Gasteiger partial charge < -0.3 is 24.8 Å². The van der Waals surface area contributed by atoms with Crippen molar-refractivity contribution in [2.45, 2.75) is 37.9 Å². The molecule has 4 atom stereocenters. The highest BCUT2D eigenvalue weighted by Gasteiger charge is 2.43. The van der Waals surface area contributed by atoms with Gasteiger partial charge in [-0.15, -0.1) is 0 Å². The second-order valence-corrected chi connectivity index (χ2v) is 4.83. The van der Waals surface area contributed by atoms with Gasteiger partial charge in [0, 0.05) is 5.56 Å². The minimum atomic E-state index is -1.01. The molecule has 2 rings (SSSR count). The molecule has 5 heteroatoms. The molecule has 0 saturated carbocycles. The Kier molecular flexibility index (Phi) is 4.77. The summed E-state index contributed by atoms with van der Waals surface area (Å²) < 4.78 is 10.3. The quantitative estimate of drug-likeness (QED) is 0.669. The van der Waals surface area contributed by atoms with Gasteiger partial charge in [0.2, 0.25) is 0 Å². The maximum Gasteiger partial charge on any atom is 0.124 e. The Morgan fingerprint density at radius 2 is 2.10 bits per heavy atom. The van der Waals surface area contributed by atoms with Gasteiger partial charge in [0.05, 0.1) is 19.8 Å². The van der Waals surface area contributed by atoms with E-state index in [4.69, 9.17) is 9.47 Å². The predicted octanol–water partition coefficient (Wildman–Crippen LogP) is 0.710. The van der Waals surface area contributed by atoms with Gasteiger partial charge in [-0.25, -0.2) is 0 Å². The Balaban J connectivity index is 2.10. The SMILES string of the molecule is COc1cccc(C=CC(O)C(O)C2OC2C)c1CO. The summed E-state index contributed by atoms with van der Waals surface area (Å²) in [6.07, 6.45) is 0.879. The minimum absolute atomic E-state index is 0.0159. The lowest BCUT2D eigenvalue weighted by molar-refractivity contribution is 0.0297. The van der Waals surface area contributed by atoms with Crippen molar-refractivity contribution in [1.82, 2.24) is 0 Å². The fourth-order valence-corrected chi connectivity index (χ4v) is 2.17. The number of epoxide rings is 1. The molecule has 3 N–H and O–H groups in total. The molecule has 1 heterocycles. The van der Waals surface area contributed by atoms with Gasteiger partial charge >= 0.3 is 0 Å². The molecule has 0 bridgehead atoms. The van der Waals surface area contributed by atoms with Gasteiger partial charge in [-0.1, -0.05) is 24.3 Å². The van der Waals surface area contributed by atoms with Crippen LogP contribution < -0.4 is 4.74 Å². The van der Waals surface area contributed by atoms with E-state index in [-0.39, 0.29) is 18.8 Å². The molecule has 0 radical (unpaired) electrons. The number of aliphatic hydroxyl groups excluding tert-OH is 3. The first-order valence-corrected chi connectivity index (χ1v) is 6.55. The fourth-order valence-electron chi connectivity index (χ4n) is 2.17. The Morgan fingerprint density at radius 1 is 1.40 bits per heavy atom. The van der Waals surface area contributed by atoms with Crippen LogP contribution in [0.4, 0.5) is 0 Å². The van der Waals surface area contributed by atoms with Gasteiger partial charge in [-0.05, 0) is 18.6 Å². The third-order valence-corrected chi connectivity index (χ3v) is 3.46. The number of methoxy groups -OCH3 is 1. The van der Waals surface area contributed by atoms with Crippen molar-refractivity contribution in [1.29, 1.82) is 0 Å². The molecule has 1 fully saturated rings. The molecular weight excluding hydrogens is 260 g/mol. The summed E-state index contributed by atoms with van der Waals surface area (Å²) in [6.45, 7) is 1.68. The van der Waals surface area contributed by atoms with Crippen molar-refractivity contribution in [3.05, 3.63) is 35.4 Å². The second kappa shape index (κ2) is 6.37. The lowest BCUT2D eigenvalue weighted by Crippen LogP contribution is -2.30. The first kappa shape index (κ1) is 15.0. The van der Waals surface area contributed by atoms with Crippen LogP contribution >= 0.6 is 0 Å². The number of benzene rings is 1. The largest absolute Gasteiger partial charge is 0.496 e. The molecular formula is C15H20O5. The average molecular weight is 280 g/mol. The van der Waals surface area contributed by atoms with E-state index in [9.17, 15) is 15.3 Å². The molecule has 0 aliphatic carbocycles. The summed E-state index contributed by atoms with van der Waals surface area (Å²) in [5.41, 5.74) is 1.38. The average Bonchev–Trinajstić information content (AvgIpc) is 3.20. The maximum absolute atomic E-state index is 9.89. The van der Waals surface area contributed by atoms with Crippen molar-refractivity contribution in [3.8, 4) is 5.75 Å². The third kappa shape index (κ3) is 3.19. The van der Waals surface area contributed by atoms with Crippen LogP contribution in [0.2, 0.25) is 0 Å². The zero-order chi connectivity index (χ0) is 14.7. The molecule has 1 aromatic carbocycles. The van der Waals surface area contributed by atoms with Gasteiger partial charge in [0.1, 0.15) is 24.1 Å². The highest BCUT2D eigenvalue weighted by atomic mass is 16.6. The predicted molar refractivity (Wildman–Crippen MR) is 74.3 cm³/mol. The van der Waals surface area contributed by atoms with Crippen molar-refractivity contribution in [2.24, 2.45) is 0 Å². The van der Waals surface area contributed by atoms with Crippen LogP contribution in [0.3, 0.4) is 0 Å². The number of hydrogen-bond acceptors (Lipinski definition) is 5. The van der Waals surface area contributed by atoms with Crippen molar-refractivity contribution in [3.63, 3.8) is 0 Å². The highest BCUT2D eigenvalue weighted by molar-refractivity contribution is 5.58. The Bertz CT molecular complexity index is 485. The molecule has 110 valence electrons. The molecule has 4 unspecified atom stereocenters. The Morgan fingerprint density at radius 3 is 2.65 bits per heavy atom. The summed E-state index contributed by atoms with van der Waals surface area (Å²) in [6, 6.07) is 5.36. The molecule has 1 aromatic rings. The molecule has 0 amide bonds. The summed E-state index contributed by atoms with van der Waals surface area (Å²) in [5.74, 6) is 0.587. The maximum atomic E-state index is 9.89. The Labute approximate surface area is 118 Å². The standard InChI is InChI=1S/C15H20O5/c1-9-15(20-9)14(18)12(17)7-6-10-4-3-5-13(19-2)11(10)8-16/h3-7,9,12,14-18H,8H2,1-2H3. The molecule has 1 aliphatic heterocycles. The monoisotopic (exact) mass is 280 g/mol. The summed E-state index contributed by atoms with van der Waals surface area (Å²) >= 11 is 0. The summed E-state index contributed by atoms with van der Waals surface area (Å²) in [5, 5.41) is 29.1. The lowest BCUT2D eigenvalue weighted by atomic mass is 10.0. The van der Waals surface area contributed by atoms with E-state index in [1.54, 1.807) is 24.3 Å². The van der Waals surface area contributed by atoms with Crippen LogP contribution in [-0.2, 0) is 11.3 Å². The van der Waals surface area contributed by atoms with E-state index in [2.05, 4.69) is 0 Å². The number of rotatable bonds is 6. The van der Waals surface area contributed by atoms with Crippen molar-refractivity contribution >= 4 is 6.08 Å². The van der Waals surface area contributed by atoms with Gasteiger partial charge in [0.25, 0.3) is 0 Å². The zero-order valence-corrected chi connectivity index (χ0v) is 11.6. The van der Waals surface area contributed by atoms with E-state index in [0.717, 1.165) is 5.56 Å². The second-order valence-electron chi connectivity index (χ2n) is 4.83. The molecule has 20 heavy (non-hydrogen) atoms. The molecule has 1 aliphatic rings. The van der Waals surface area contributed by atoms with Crippen LogP contribution in [0.15, 0.2) is 24.3 Å². The fraction of sp³-hybridized carbons (Fsp3) is 0.467. The molecule has 0 aromatic heterocycles. The van der Waals surface area contributed by atoms with E-state index in [0.29, 0.717) is 11.3 Å². The highest BCUT2D eigenvalue weighted by Crippen LogP contribution is 2.27. The smallest absolute Gasteiger partial charge is 0.124 e. The van der Waals surface area contributed by atoms with E-state index < -0.39 is 12.2 Å². The number of hydrogen-bond donors (Lipinski definition) is 3. The van der Waals surface area contributed by atoms with Gasteiger partial charge in [-0.2, -0.15) is 0 Å². The van der Waals surface area contributed by atoms with Crippen molar-refractivity contribution in [2.75, 3.05) is 7.11 Å². The van der Waals surface area contributed by atoms with Crippen LogP contribution in [-0.4, -0.2) is 46.8 Å². The van der Waals surface area contributed by atoms with Crippen molar-refractivity contribution < 1.29 is 24.8 Å². The van der Waals surface area contributed by atoms with Crippen LogP contribution in [0.1, 0.15) is 18.1 Å². The van der Waals surface area contributed by atoms with Gasteiger partial charge in [0.15, 0.2) is 0 Å². The van der Waals surface area contributed by atoms with Gasteiger partial charge in [-0.3, -0.25) is 0 Å². The topological polar surface area (TPSA) is 82.5 Å². The lowest BCUT2D eigenvalue weighted by Gasteiger charge is -2.13. The van der Waals surface area contributed by atoms with E-state index in [1.165, 1.54) is 13.2 Å². The Hall–Kier alpha value is -1.40. The van der Waals surface area contributed by atoms with Crippen LogP contribution in [0.25, 0.3) is 6.08 Å². The zero-order valence-electron chi connectivity index (χ0n) is 11.6. The number of ether oxygens (including phenoxy) is 2. The normalized spacial score (nSPS) is 24.6. The first-order chi connectivity index (χ1) is 9.58. The van der Waals surface area contributed by atoms with Crippen LogP contribution in [0.5, 0.6) is 5.75 Å².